The van der Waals surface area contributed by atoms with E-state index in [1.807, 2.05) is 30.5 Å². The maximum absolute atomic E-state index is 11.9. The first kappa shape index (κ1) is 11.5. The molecule has 86 valence electrons. The number of para-hydroxylation sites is 1. The number of nitrogens with one attached hydrogen (secondary N) is 1. The van der Waals surface area contributed by atoms with Crippen molar-refractivity contribution in [2.24, 2.45) is 5.73 Å². The van der Waals surface area contributed by atoms with Crippen LogP contribution in [0.3, 0.4) is 0 Å². The molecule has 1 aromatic rings. The normalized spacial score (nSPS) is 17.6. The number of carbonyl (C=O) groups excluding carboxylic acids is 1. The molecule has 0 atom stereocenters. The number of nitrogens with two attached hydrogens (primary N) is 1. The van der Waals surface area contributed by atoms with E-state index in [-0.39, 0.29) is 5.91 Å². The van der Waals surface area contributed by atoms with E-state index in [0.29, 0.717) is 0 Å². The molecule has 16 heavy (non-hydrogen) atoms. The summed E-state index contributed by atoms with van der Waals surface area (Å²) in [5.74, 6) is -0.0553. The molecule has 0 bridgehead atoms. The fraction of sp³-hybridized carbons (Fsp3) is 0.417. The fourth-order valence-electron chi connectivity index (χ4n) is 1.78. The molecular weight excluding hydrogens is 220 g/mol. The number of hydrogen-bond acceptors (Lipinski definition) is 3. The Labute approximate surface area is 99.8 Å². The number of carbonyl (C=O) groups is 1. The quantitative estimate of drug-likeness (QED) is 0.791. The van der Waals surface area contributed by atoms with Crippen LogP contribution < -0.4 is 11.1 Å². The van der Waals surface area contributed by atoms with Gasteiger partial charge in [0.2, 0.25) is 5.91 Å². The van der Waals surface area contributed by atoms with Gasteiger partial charge in [-0.25, -0.2) is 0 Å². The number of thioether (sulfide) groups is 1. The van der Waals surface area contributed by atoms with Crippen molar-refractivity contribution >= 4 is 23.4 Å². The Hall–Kier alpha value is -1.00. The first-order valence-corrected chi connectivity index (χ1v) is 6.61. The molecule has 3 nitrogen and oxygen atoms in total. The second kappa shape index (κ2) is 4.47. The molecule has 0 heterocycles. The summed E-state index contributed by atoms with van der Waals surface area (Å²) in [5, 5.41) is 2.92. The van der Waals surface area contributed by atoms with E-state index in [1.54, 1.807) is 11.8 Å². The smallest absolute Gasteiger partial charge is 0.244 e. The highest BCUT2D eigenvalue weighted by molar-refractivity contribution is 7.98. The van der Waals surface area contributed by atoms with Crippen LogP contribution in [0.15, 0.2) is 29.2 Å². The predicted octanol–water partition coefficient (Wildman–Crippen LogP) is 2.23. The maximum atomic E-state index is 11.9. The zero-order valence-corrected chi connectivity index (χ0v) is 10.1. The van der Waals surface area contributed by atoms with Crippen LogP contribution in [0.4, 0.5) is 5.69 Å². The van der Waals surface area contributed by atoms with Gasteiger partial charge in [0.1, 0.15) is 0 Å². The van der Waals surface area contributed by atoms with E-state index in [0.717, 1.165) is 29.8 Å². The molecule has 0 radical (unpaired) electrons. The Bertz CT molecular complexity index is 402. The zero-order chi connectivity index (χ0) is 11.6. The molecule has 0 aromatic heterocycles. The van der Waals surface area contributed by atoms with Gasteiger partial charge >= 0.3 is 0 Å². The van der Waals surface area contributed by atoms with Crippen molar-refractivity contribution in [2.45, 2.75) is 29.7 Å². The van der Waals surface area contributed by atoms with Crippen LogP contribution in [0.5, 0.6) is 0 Å². The van der Waals surface area contributed by atoms with Crippen molar-refractivity contribution in [3.8, 4) is 0 Å². The third kappa shape index (κ3) is 2.08. The summed E-state index contributed by atoms with van der Waals surface area (Å²) >= 11 is 1.62. The van der Waals surface area contributed by atoms with Gasteiger partial charge < -0.3 is 11.1 Å². The standard InChI is InChI=1S/C12H16N2OS/c1-16-10-6-3-2-5-9(10)14-11(15)12(13)7-4-8-12/h2-3,5-6H,4,7-8,13H2,1H3,(H,14,15). The molecule has 1 fully saturated rings. The molecule has 0 spiro atoms. The summed E-state index contributed by atoms with van der Waals surface area (Å²) in [5.41, 5.74) is 6.19. The highest BCUT2D eigenvalue weighted by atomic mass is 32.2. The van der Waals surface area contributed by atoms with Gasteiger partial charge in [-0.2, -0.15) is 0 Å². The molecule has 3 N–H and O–H groups in total. The molecule has 0 saturated heterocycles. The van der Waals surface area contributed by atoms with Crippen molar-refractivity contribution < 1.29 is 4.79 Å². The van der Waals surface area contributed by atoms with Crippen molar-refractivity contribution in [2.75, 3.05) is 11.6 Å². The van der Waals surface area contributed by atoms with Crippen molar-refractivity contribution in [1.29, 1.82) is 0 Å². The third-order valence-corrected chi connectivity index (χ3v) is 3.85. The molecular formula is C12H16N2OS. The summed E-state index contributed by atoms with van der Waals surface area (Å²) < 4.78 is 0. The number of benzene rings is 1. The second-order valence-corrected chi connectivity index (χ2v) is 5.01. The molecule has 1 aliphatic rings. The van der Waals surface area contributed by atoms with Gasteiger partial charge in [0.15, 0.2) is 0 Å². The van der Waals surface area contributed by atoms with E-state index in [1.165, 1.54) is 0 Å². The molecule has 0 aliphatic heterocycles. The molecule has 2 rings (SSSR count). The first-order chi connectivity index (χ1) is 7.65. The Morgan fingerprint density at radius 1 is 1.44 bits per heavy atom. The summed E-state index contributed by atoms with van der Waals surface area (Å²) in [7, 11) is 0. The van der Waals surface area contributed by atoms with E-state index in [9.17, 15) is 4.79 Å². The maximum Gasteiger partial charge on any atom is 0.244 e. The van der Waals surface area contributed by atoms with Crippen molar-refractivity contribution in [3.05, 3.63) is 24.3 Å². The van der Waals surface area contributed by atoms with Crippen LogP contribution in [0.25, 0.3) is 0 Å². The lowest BCUT2D eigenvalue weighted by atomic mass is 9.77. The van der Waals surface area contributed by atoms with Crippen LogP contribution in [0.1, 0.15) is 19.3 Å². The molecule has 4 heteroatoms. The van der Waals surface area contributed by atoms with Crippen LogP contribution in [-0.2, 0) is 4.79 Å². The highest BCUT2D eigenvalue weighted by Crippen LogP contribution is 2.32. The lowest BCUT2D eigenvalue weighted by Crippen LogP contribution is -2.56. The predicted molar refractivity (Wildman–Crippen MR) is 67.6 cm³/mol. The minimum Gasteiger partial charge on any atom is -0.323 e. The van der Waals surface area contributed by atoms with Gasteiger partial charge in [-0.05, 0) is 37.7 Å². The highest BCUT2D eigenvalue weighted by Gasteiger charge is 2.40. The Morgan fingerprint density at radius 2 is 2.12 bits per heavy atom. The van der Waals surface area contributed by atoms with Gasteiger partial charge in [-0.15, -0.1) is 11.8 Å². The lowest BCUT2D eigenvalue weighted by Gasteiger charge is -2.36. The van der Waals surface area contributed by atoms with Crippen LogP contribution >= 0.6 is 11.8 Å². The minimum atomic E-state index is -0.633. The largest absolute Gasteiger partial charge is 0.323 e. The summed E-state index contributed by atoms with van der Waals surface area (Å²) in [6.07, 6.45) is 4.63. The Morgan fingerprint density at radius 3 is 2.69 bits per heavy atom. The van der Waals surface area contributed by atoms with Crippen LogP contribution in [0.2, 0.25) is 0 Å². The summed E-state index contributed by atoms with van der Waals surface area (Å²) in [6.45, 7) is 0. The Balaban J connectivity index is 2.11. The van der Waals surface area contributed by atoms with Gasteiger partial charge in [0.25, 0.3) is 0 Å². The van der Waals surface area contributed by atoms with Gasteiger partial charge in [0.05, 0.1) is 11.2 Å². The van der Waals surface area contributed by atoms with Gasteiger partial charge in [-0.3, -0.25) is 4.79 Å². The minimum absolute atomic E-state index is 0.0553. The molecule has 0 unspecified atom stereocenters. The van der Waals surface area contributed by atoms with Gasteiger partial charge in [-0.1, -0.05) is 12.1 Å². The van der Waals surface area contributed by atoms with Crippen molar-refractivity contribution in [1.82, 2.24) is 0 Å². The molecule has 1 aromatic carbocycles. The van der Waals surface area contributed by atoms with Crippen LogP contribution in [-0.4, -0.2) is 17.7 Å². The van der Waals surface area contributed by atoms with E-state index in [2.05, 4.69) is 5.32 Å². The topological polar surface area (TPSA) is 55.1 Å². The Kier molecular flexibility index (Phi) is 3.21. The third-order valence-electron chi connectivity index (χ3n) is 3.05. The molecule has 1 saturated carbocycles. The average Bonchev–Trinajstić information content (AvgIpc) is 2.26. The number of amides is 1. The van der Waals surface area contributed by atoms with Crippen LogP contribution in [0, 0.1) is 0 Å². The SMILES string of the molecule is CSc1ccccc1NC(=O)C1(N)CCC1. The molecule has 1 aliphatic carbocycles. The van der Waals surface area contributed by atoms with Crippen molar-refractivity contribution in [3.63, 3.8) is 0 Å². The number of rotatable bonds is 3. The zero-order valence-electron chi connectivity index (χ0n) is 9.32. The first-order valence-electron chi connectivity index (χ1n) is 5.39. The van der Waals surface area contributed by atoms with E-state index < -0.39 is 5.54 Å². The number of anilines is 1. The van der Waals surface area contributed by atoms with E-state index in [4.69, 9.17) is 5.73 Å². The molecule has 1 amide bonds. The van der Waals surface area contributed by atoms with Gasteiger partial charge in [0, 0.05) is 4.90 Å². The second-order valence-electron chi connectivity index (χ2n) is 4.16. The monoisotopic (exact) mass is 236 g/mol. The average molecular weight is 236 g/mol. The summed E-state index contributed by atoms with van der Waals surface area (Å²) in [4.78, 5) is 13.0. The fourth-order valence-corrected chi connectivity index (χ4v) is 2.33. The summed E-state index contributed by atoms with van der Waals surface area (Å²) in [6, 6.07) is 7.78. The lowest BCUT2D eigenvalue weighted by molar-refractivity contribution is -0.123. The van der Waals surface area contributed by atoms with E-state index >= 15 is 0 Å². The number of hydrogen-bond donors (Lipinski definition) is 2.